The van der Waals surface area contributed by atoms with E-state index >= 15 is 0 Å². The van der Waals surface area contributed by atoms with Crippen LogP contribution in [0.1, 0.15) is 0 Å². The van der Waals surface area contributed by atoms with Gasteiger partial charge in [0.15, 0.2) is 11.6 Å². The zero-order valence-electron chi connectivity index (χ0n) is 8.94. The highest BCUT2D eigenvalue weighted by atomic mass is 19.3. The summed E-state index contributed by atoms with van der Waals surface area (Å²) in [6, 6.07) is 3.29. The van der Waals surface area contributed by atoms with Gasteiger partial charge in [-0.15, -0.1) is 0 Å². The van der Waals surface area contributed by atoms with Crippen LogP contribution in [0, 0.1) is 0 Å². The molecular formula is C10H14F2N2O2. The lowest BCUT2D eigenvalue weighted by molar-refractivity contribution is 0.152. The quantitative estimate of drug-likeness (QED) is 0.799. The first kappa shape index (κ1) is 12.6. The van der Waals surface area contributed by atoms with E-state index in [4.69, 9.17) is 9.84 Å². The van der Waals surface area contributed by atoms with Crippen molar-refractivity contribution in [3.05, 3.63) is 18.3 Å². The average Bonchev–Trinajstić information content (AvgIpc) is 2.28. The van der Waals surface area contributed by atoms with Gasteiger partial charge in [-0.05, 0) is 12.1 Å². The maximum atomic E-state index is 12.3. The second-order valence-corrected chi connectivity index (χ2v) is 3.09. The van der Waals surface area contributed by atoms with E-state index in [2.05, 4.69) is 4.98 Å². The molecule has 0 fully saturated rings. The third-order valence-corrected chi connectivity index (χ3v) is 2.00. The van der Waals surface area contributed by atoms with E-state index in [0.29, 0.717) is 11.6 Å². The molecule has 0 saturated carbocycles. The van der Waals surface area contributed by atoms with E-state index in [0.717, 1.165) is 0 Å². The number of aromatic nitrogens is 1. The Labute approximate surface area is 92.5 Å². The predicted octanol–water partition coefficient (Wildman–Crippen LogP) is 1.15. The SMILES string of the molecule is COc1cccnc1N(CCO)CC(F)F. The molecule has 1 heterocycles. The van der Waals surface area contributed by atoms with Crippen molar-refractivity contribution in [2.45, 2.75) is 6.43 Å². The topological polar surface area (TPSA) is 45.6 Å². The number of pyridine rings is 1. The average molecular weight is 232 g/mol. The third kappa shape index (κ3) is 3.30. The molecule has 6 heteroatoms. The summed E-state index contributed by atoms with van der Waals surface area (Å²) in [4.78, 5) is 5.27. The first-order valence-corrected chi connectivity index (χ1v) is 4.82. The van der Waals surface area contributed by atoms with Gasteiger partial charge in [0.2, 0.25) is 0 Å². The number of anilines is 1. The summed E-state index contributed by atoms with van der Waals surface area (Å²) >= 11 is 0. The van der Waals surface area contributed by atoms with Gasteiger partial charge in [-0.25, -0.2) is 13.8 Å². The van der Waals surface area contributed by atoms with Gasteiger partial charge in [0.05, 0.1) is 20.3 Å². The second-order valence-electron chi connectivity index (χ2n) is 3.09. The van der Waals surface area contributed by atoms with Gasteiger partial charge in [0.25, 0.3) is 6.43 Å². The number of alkyl halides is 2. The minimum Gasteiger partial charge on any atom is -0.493 e. The zero-order valence-corrected chi connectivity index (χ0v) is 8.94. The molecule has 90 valence electrons. The molecule has 1 aromatic rings. The van der Waals surface area contributed by atoms with Gasteiger partial charge in [-0.1, -0.05) is 0 Å². The van der Waals surface area contributed by atoms with Crippen molar-refractivity contribution in [3.63, 3.8) is 0 Å². The summed E-state index contributed by atoms with van der Waals surface area (Å²) < 4.78 is 29.7. The molecule has 0 bridgehead atoms. The van der Waals surface area contributed by atoms with E-state index in [9.17, 15) is 8.78 Å². The Hall–Kier alpha value is -1.43. The third-order valence-electron chi connectivity index (χ3n) is 2.00. The Morgan fingerprint density at radius 3 is 2.88 bits per heavy atom. The largest absolute Gasteiger partial charge is 0.493 e. The molecule has 0 unspecified atom stereocenters. The molecule has 0 saturated heterocycles. The van der Waals surface area contributed by atoms with Gasteiger partial charge >= 0.3 is 0 Å². The molecule has 16 heavy (non-hydrogen) atoms. The molecule has 1 aromatic heterocycles. The van der Waals surface area contributed by atoms with Crippen LogP contribution in [0.2, 0.25) is 0 Å². The summed E-state index contributed by atoms with van der Waals surface area (Å²) in [6.07, 6.45) is -0.994. The van der Waals surface area contributed by atoms with E-state index in [-0.39, 0.29) is 13.2 Å². The summed E-state index contributed by atoms with van der Waals surface area (Å²) in [5.74, 6) is 0.732. The van der Waals surface area contributed by atoms with Gasteiger partial charge < -0.3 is 14.7 Å². The fraction of sp³-hybridized carbons (Fsp3) is 0.500. The number of ether oxygens (including phenoxy) is 1. The molecule has 0 radical (unpaired) electrons. The van der Waals surface area contributed by atoms with Crippen LogP contribution in [0.5, 0.6) is 5.75 Å². The first-order valence-electron chi connectivity index (χ1n) is 4.82. The molecule has 0 aliphatic heterocycles. The lowest BCUT2D eigenvalue weighted by atomic mass is 10.3. The van der Waals surface area contributed by atoms with Crippen molar-refractivity contribution < 1.29 is 18.6 Å². The van der Waals surface area contributed by atoms with Crippen molar-refractivity contribution in [2.24, 2.45) is 0 Å². The van der Waals surface area contributed by atoms with Gasteiger partial charge in [-0.3, -0.25) is 0 Å². The number of nitrogens with zero attached hydrogens (tertiary/aromatic N) is 2. The molecule has 1 N–H and O–H groups in total. The van der Waals surface area contributed by atoms with E-state index in [1.165, 1.54) is 18.2 Å². The Kier molecular flexibility index (Phi) is 4.91. The Morgan fingerprint density at radius 1 is 1.56 bits per heavy atom. The van der Waals surface area contributed by atoms with Gasteiger partial charge in [0, 0.05) is 12.7 Å². The molecule has 1 rings (SSSR count). The molecule has 4 nitrogen and oxygen atoms in total. The Morgan fingerprint density at radius 2 is 2.31 bits per heavy atom. The summed E-state index contributed by atoms with van der Waals surface area (Å²) in [6.45, 7) is -0.599. The number of hydrogen-bond acceptors (Lipinski definition) is 4. The van der Waals surface area contributed by atoms with Crippen LogP contribution in [-0.4, -0.2) is 43.3 Å². The smallest absolute Gasteiger partial charge is 0.255 e. The predicted molar refractivity (Wildman–Crippen MR) is 56.1 cm³/mol. The zero-order chi connectivity index (χ0) is 12.0. The first-order chi connectivity index (χ1) is 7.69. The van der Waals surface area contributed by atoms with Crippen LogP contribution in [0.4, 0.5) is 14.6 Å². The summed E-state index contributed by atoms with van der Waals surface area (Å²) in [5, 5.41) is 8.82. The number of hydrogen-bond donors (Lipinski definition) is 1. The van der Waals surface area contributed by atoms with Crippen molar-refractivity contribution in [1.82, 2.24) is 4.98 Å². The maximum absolute atomic E-state index is 12.3. The highest BCUT2D eigenvalue weighted by molar-refractivity contribution is 5.52. The highest BCUT2D eigenvalue weighted by Crippen LogP contribution is 2.24. The molecule has 0 amide bonds. The van der Waals surface area contributed by atoms with E-state index < -0.39 is 13.0 Å². The molecular weight excluding hydrogens is 218 g/mol. The fourth-order valence-corrected chi connectivity index (χ4v) is 1.35. The maximum Gasteiger partial charge on any atom is 0.255 e. The van der Waals surface area contributed by atoms with E-state index in [1.54, 1.807) is 12.1 Å². The molecule has 0 aliphatic rings. The van der Waals surface area contributed by atoms with Crippen molar-refractivity contribution in [2.75, 3.05) is 31.7 Å². The molecule has 0 aromatic carbocycles. The van der Waals surface area contributed by atoms with Crippen LogP contribution >= 0.6 is 0 Å². The lowest BCUT2D eigenvalue weighted by Crippen LogP contribution is -2.32. The lowest BCUT2D eigenvalue weighted by Gasteiger charge is -2.23. The van der Waals surface area contributed by atoms with Crippen LogP contribution < -0.4 is 9.64 Å². The monoisotopic (exact) mass is 232 g/mol. The number of halogens is 2. The Bertz CT molecular complexity index is 323. The van der Waals surface area contributed by atoms with Crippen molar-refractivity contribution >= 4 is 5.82 Å². The van der Waals surface area contributed by atoms with Gasteiger partial charge in [-0.2, -0.15) is 0 Å². The van der Waals surface area contributed by atoms with E-state index in [1.807, 2.05) is 0 Å². The minimum atomic E-state index is -2.49. The number of rotatable bonds is 6. The highest BCUT2D eigenvalue weighted by Gasteiger charge is 2.16. The van der Waals surface area contributed by atoms with Crippen LogP contribution in [-0.2, 0) is 0 Å². The summed E-state index contributed by atoms with van der Waals surface area (Å²) in [5.41, 5.74) is 0. The minimum absolute atomic E-state index is 0.0950. The second kappa shape index (κ2) is 6.22. The van der Waals surface area contributed by atoms with Crippen molar-refractivity contribution in [3.8, 4) is 5.75 Å². The van der Waals surface area contributed by atoms with Gasteiger partial charge in [0.1, 0.15) is 0 Å². The van der Waals surface area contributed by atoms with Crippen LogP contribution in [0.3, 0.4) is 0 Å². The standard InChI is InChI=1S/C10H14F2N2O2/c1-16-8-3-2-4-13-10(8)14(5-6-15)7-9(11)12/h2-4,9,15H,5-7H2,1H3. The number of methoxy groups -OCH3 is 1. The number of aliphatic hydroxyl groups is 1. The fourth-order valence-electron chi connectivity index (χ4n) is 1.35. The normalized spacial score (nSPS) is 10.6. The molecule has 0 atom stereocenters. The molecule has 0 spiro atoms. The summed E-state index contributed by atoms with van der Waals surface area (Å²) in [7, 11) is 1.44. The van der Waals surface area contributed by atoms with Crippen LogP contribution in [0.15, 0.2) is 18.3 Å². The molecule has 0 aliphatic carbocycles. The van der Waals surface area contributed by atoms with Crippen LogP contribution in [0.25, 0.3) is 0 Å². The van der Waals surface area contributed by atoms with Crippen molar-refractivity contribution in [1.29, 1.82) is 0 Å². The number of aliphatic hydroxyl groups excluding tert-OH is 1. The Balaban J connectivity index is 2.90.